The molecular weight excluding hydrogens is 260 g/mol. The monoisotopic (exact) mass is 275 g/mol. The van der Waals surface area contributed by atoms with Crippen LogP contribution in [0.25, 0.3) is 0 Å². The second-order valence-electron chi connectivity index (χ2n) is 4.69. The molecule has 2 aromatic carbocycles. The molecule has 0 N–H and O–H groups in total. The molecule has 4 heteroatoms. The number of hydrogen-bond donors (Lipinski definition) is 0. The fourth-order valence-corrected chi connectivity index (χ4v) is 2.17. The van der Waals surface area contributed by atoms with E-state index < -0.39 is 5.82 Å². The standard InChI is InChI=1S/C16H15F2NO/c1-11-13(7-12-5-3-4-6-15(12)18)8-14(17)9-16(11)19(2)10-20/h3-6,8-10H,7H2,1-2H3. The Bertz CT molecular complexity index is 640. The van der Waals surface area contributed by atoms with Gasteiger partial charge in [-0.05, 0) is 41.8 Å². The van der Waals surface area contributed by atoms with E-state index in [0.717, 1.165) is 5.56 Å². The van der Waals surface area contributed by atoms with Gasteiger partial charge in [-0.3, -0.25) is 4.79 Å². The summed E-state index contributed by atoms with van der Waals surface area (Å²) in [6.07, 6.45) is 0.907. The van der Waals surface area contributed by atoms with Crippen LogP contribution in [0.4, 0.5) is 14.5 Å². The van der Waals surface area contributed by atoms with Crippen LogP contribution in [-0.4, -0.2) is 13.5 Å². The lowest BCUT2D eigenvalue weighted by Crippen LogP contribution is -2.16. The first-order valence-electron chi connectivity index (χ1n) is 6.23. The van der Waals surface area contributed by atoms with Crippen LogP contribution in [0, 0.1) is 18.6 Å². The second kappa shape index (κ2) is 5.82. The average molecular weight is 275 g/mol. The van der Waals surface area contributed by atoms with E-state index in [1.54, 1.807) is 32.2 Å². The van der Waals surface area contributed by atoms with Gasteiger partial charge in [-0.15, -0.1) is 0 Å². The van der Waals surface area contributed by atoms with Gasteiger partial charge in [0.1, 0.15) is 11.6 Å². The summed E-state index contributed by atoms with van der Waals surface area (Å²) in [6.45, 7) is 1.80. The van der Waals surface area contributed by atoms with Crippen molar-refractivity contribution < 1.29 is 13.6 Å². The number of nitrogens with zero attached hydrogens (tertiary/aromatic N) is 1. The Morgan fingerprint density at radius 3 is 2.50 bits per heavy atom. The maximum Gasteiger partial charge on any atom is 0.213 e. The van der Waals surface area contributed by atoms with Crippen LogP contribution < -0.4 is 4.90 Å². The Hall–Kier alpha value is -2.23. The molecule has 0 unspecified atom stereocenters. The Morgan fingerprint density at radius 1 is 1.15 bits per heavy atom. The zero-order chi connectivity index (χ0) is 14.7. The zero-order valence-corrected chi connectivity index (χ0v) is 11.4. The highest BCUT2D eigenvalue weighted by Crippen LogP contribution is 2.26. The van der Waals surface area contributed by atoms with Gasteiger partial charge in [0.2, 0.25) is 6.41 Å². The first-order valence-corrected chi connectivity index (χ1v) is 6.23. The van der Waals surface area contributed by atoms with Crippen molar-refractivity contribution in [1.29, 1.82) is 0 Å². The molecule has 0 saturated carbocycles. The normalized spacial score (nSPS) is 10.4. The van der Waals surface area contributed by atoms with Crippen LogP contribution in [0.1, 0.15) is 16.7 Å². The molecule has 104 valence electrons. The van der Waals surface area contributed by atoms with E-state index in [9.17, 15) is 13.6 Å². The molecule has 0 bridgehead atoms. The van der Waals surface area contributed by atoms with Crippen LogP contribution in [0.15, 0.2) is 36.4 Å². The number of rotatable bonds is 4. The summed E-state index contributed by atoms with van der Waals surface area (Å²) in [7, 11) is 1.56. The highest BCUT2D eigenvalue weighted by Gasteiger charge is 2.12. The van der Waals surface area contributed by atoms with Gasteiger partial charge in [0.05, 0.1) is 0 Å². The summed E-state index contributed by atoms with van der Waals surface area (Å²) in [5.74, 6) is -0.757. The van der Waals surface area contributed by atoms with E-state index in [1.165, 1.54) is 23.1 Å². The van der Waals surface area contributed by atoms with E-state index in [2.05, 4.69) is 0 Å². The first-order chi connectivity index (χ1) is 9.52. The third-order valence-electron chi connectivity index (χ3n) is 3.33. The molecule has 0 spiro atoms. The summed E-state index contributed by atoms with van der Waals surface area (Å²) in [4.78, 5) is 12.1. The lowest BCUT2D eigenvalue weighted by molar-refractivity contribution is -0.107. The molecule has 2 nitrogen and oxygen atoms in total. The SMILES string of the molecule is Cc1c(Cc2ccccc2F)cc(F)cc1N(C)C=O. The molecule has 0 fully saturated rings. The number of hydrogen-bond acceptors (Lipinski definition) is 1. The summed E-state index contributed by atoms with van der Waals surface area (Å²) in [5.41, 5.74) is 2.43. The number of amides is 1. The smallest absolute Gasteiger partial charge is 0.213 e. The Morgan fingerprint density at radius 2 is 1.85 bits per heavy atom. The van der Waals surface area contributed by atoms with Crippen LogP contribution in [0.2, 0.25) is 0 Å². The topological polar surface area (TPSA) is 20.3 Å². The van der Waals surface area contributed by atoms with Crippen LogP contribution >= 0.6 is 0 Å². The molecule has 2 rings (SSSR count). The summed E-state index contributed by atoms with van der Waals surface area (Å²) < 4.78 is 27.3. The fraction of sp³-hybridized carbons (Fsp3) is 0.188. The van der Waals surface area contributed by atoms with Gasteiger partial charge in [-0.2, -0.15) is 0 Å². The van der Waals surface area contributed by atoms with Crippen LogP contribution in [0.3, 0.4) is 0 Å². The highest BCUT2D eigenvalue weighted by atomic mass is 19.1. The lowest BCUT2D eigenvalue weighted by atomic mass is 9.98. The fourth-order valence-electron chi connectivity index (χ4n) is 2.17. The van der Waals surface area contributed by atoms with E-state index >= 15 is 0 Å². The number of anilines is 1. The molecule has 0 aliphatic heterocycles. The third kappa shape index (κ3) is 2.85. The molecule has 2 aromatic rings. The van der Waals surface area contributed by atoms with Crippen molar-refractivity contribution in [2.24, 2.45) is 0 Å². The number of carbonyl (C=O) groups is 1. The minimum Gasteiger partial charge on any atom is -0.318 e. The number of halogens is 2. The minimum absolute atomic E-state index is 0.288. The van der Waals surface area contributed by atoms with E-state index in [-0.39, 0.29) is 12.2 Å². The third-order valence-corrected chi connectivity index (χ3v) is 3.33. The van der Waals surface area contributed by atoms with E-state index in [1.807, 2.05) is 0 Å². The Labute approximate surface area is 116 Å². The molecule has 0 radical (unpaired) electrons. The summed E-state index contributed by atoms with van der Waals surface area (Å²) >= 11 is 0. The Kier molecular flexibility index (Phi) is 4.13. The Balaban J connectivity index is 2.45. The second-order valence-corrected chi connectivity index (χ2v) is 4.69. The van der Waals surface area contributed by atoms with Crippen molar-refractivity contribution >= 4 is 12.1 Å². The molecule has 0 saturated heterocycles. The molecule has 1 amide bonds. The summed E-state index contributed by atoms with van der Waals surface area (Å²) in [5, 5.41) is 0. The van der Waals surface area contributed by atoms with E-state index in [0.29, 0.717) is 23.2 Å². The predicted molar refractivity (Wildman–Crippen MR) is 74.8 cm³/mol. The van der Waals surface area contributed by atoms with Crippen molar-refractivity contribution in [3.63, 3.8) is 0 Å². The number of benzene rings is 2. The van der Waals surface area contributed by atoms with Gasteiger partial charge in [-0.1, -0.05) is 18.2 Å². The molecule has 0 aromatic heterocycles. The summed E-state index contributed by atoms with van der Waals surface area (Å²) in [6, 6.07) is 9.08. The zero-order valence-electron chi connectivity index (χ0n) is 11.4. The first kappa shape index (κ1) is 14.2. The van der Waals surface area contributed by atoms with Crippen molar-refractivity contribution in [3.8, 4) is 0 Å². The molecule has 0 aliphatic rings. The lowest BCUT2D eigenvalue weighted by Gasteiger charge is -2.17. The predicted octanol–water partition coefficient (Wildman–Crippen LogP) is 3.46. The van der Waals surface area contributed by atoms with Gasteiger partial charge >= 0.3 is 0 Å². The maximum absolute atomic E-state index is 13.7. The van der Waals surface area contributed by atoms with Gasteiger partial charge < -0.3 is 4.90 Å². The van der Waals surface area contributed by atoms with Crippen molar-refractivity contribution in [2.45, 2.75) is 13.3 Å². The maximum atomic E-state index is 13.7. The van der Waals surface area contributed by atoms with Crippen LogP contribution in [-0.2, 0) is 11.2 Å². The van der Waals surface area contributed by atoms with Gasteiger partial charge in [0, 0.05) is 19.2 Å². The van der Waals surface area contributed by atoms with Crippen molar-refractivity contribution in [1.82, 2.24) is 0 Å². The molecular formula is C16H15F2NO. The van der Waals surface area contributed by atoms with Crippen molar-refractivity contribution in [2.75, 3.05) is 11.9 Å². The molecule has 0 atom stereocenters. The molecule has 0 heterocycles. The minimum atomic E-state index is -0.439. The number of carbonyl (C=O) groups excluding carboxylic acids is 1. The van der Waals surface area contributed by atoms with Crippen LogP contribution in [0.5, 0.6) is 0 Å². The van der Waals surface area contributed by atoms with Gasteiger partial charge in [0.15, 0.2) is 0 Å². The van der Waals surface area contributed by atoms with Gasteiger partial charge in [0.25, 0.3) is 0 Å². The average Bonchev–Trinajstić information content (AvgIpc) is 2.44. The van der Waals surface area contributed by atoms with E-state index in [4.69, 9.17) is 0 Å². The molecule has 20 heavy (non-hydrogen) atoms. The highest BCUT2D eigenvalue weighted by molar-refractivity contribution is 5.76. The van der Waals surface area contributed by atoms with Crippen molar-refractivity contribution in [3.05, 3.63) is 64.7 Å². The van der Waals surface area contributed by atoms with Gasteiger partial charge in [-0.25, -0.2) is 8.78 Å². The molecule has 0 aliphatic carbocycles. The largest absolute Gasteiger partial charge is 0.318 e. The quantitative estimate of drug-likeness (QED) is 0.783.